The quantitative estimate of drug-likeness (QED) is 0.737. The maximum absolute atomic E-state index is 2.34. The molecule has 2 rings (SSSR count). The molecule has 0 N–H and O–H groups in total. The van der Waals surface area contributed by atoms with Crippen molar-refractivity contribution in [2.24, 2.45) is 0 Å². The van der Waals surface area contributed by atoms with Crippen LogP contribution in [0.15, 0.2) is 24.5 Å². The molecule has 0 spiro atoms. The van der Waals surface area contributed by atoms with E-state index in [4.69, 9.17) is 0 Å². The van der Waals surface area contributed by atoms with Crippen LogP contribution in [0, 0.1) is 0 Å². The third-order valence-corrected chi connectivity index (χ3v) is 4.74. The lowest BCUT2D eigenvalue weighted by Crippen LogP contribution is -2.32. The molecule has 2 heteroatoms. The molecular weight excluding hydrogens is 190 g/mol. The third-order valence-electron chi connectivity index (χ3n) is 3.33. The average molecular weight is 209 g/mol. The van der Waals surface area contributed by atoms with E-state index in [1.807, 2.05) is 0 Å². The Morgan fingerprint density at radius 1 is 1.14 bits per heavy atom. The molecule has 1 fully saturated rings. The molecule has 1 nitrogen and oxygen atoms in total. The summed E-state index contributed by atoms with van der Waals surface area (Å²) in [4.78, 5) is 0. The predicted molar refractivity (Wildman–Crippen MR) is 63.8 cm³/mol. The molecule has 1 aliphatic carbocycles. The number of thioether (sulfide) groups is 1. The zero-order chi connectivity index (χ0) is 9.86. The van der Waals surface area contributed by atoms with Crippen molar-refractivity contribution in [3.05, 3.63) is 24.5 Å². The predicted octanol–water partition coefficient (Wildman–Crippen LogP) is 3.55. The minimum atomic E-state index is 0.525. The minimum absolute atomic E-state index is 0.525. The van der Waals surface area contributed by atoms with Gasteiger partial charge in [-0.3, -0.25) is 0 Å². The number of nitrogens with zero attached hydrogens (tertiary/aromatic N) is 1. The van der Waals surface area contributed by atoms with Gasteiger partial charge in [0, 0.05) is 23.7 Å². The van der Waals surface area contributed by atoms with Crippen molar-refractivity contribution in [3.8, 4) is 0 Å². The Bertz CT molecular complexity index is 260. The Hall–Kier alpha value is -0.370. The summed E-state index contributed by atoms with van der Waals surface area (Å²) in [6.45, 7) is 1.20. The van der Waals surface area contributed by atoms with Crippen LogP contribution in [-0.2, 0) is 6.54 Å². The SMILES string of the molecule is CSC1(Cn2cccc2)CCCCC1. The van der Waals surface area contributed by atoms with Gasteiger partial charge in [0.25, 0.3) is 0 Å². The van der Waals surface area contributed by atoms with Crippen LogP contribution >= 0.6 is 11.8 Å². The molecule has 0 aromatic carbocycles. The fraction of sp³-hybridized carbons (Fsp3) is 0.667. The molecule has 0 radical (unpaired) electrons. The van der Waals surface area contributed by atoms with E-state index < -0.39 is 0 Å². The molecule has 78 valence electrons. The maximum atomic E-state index is 2.34. The standard InChI is InChI=1S/C12H19NS/c1-14-12(7-3-2-4-8-12)11-13-9-5-6-10-13/h5-6,9-10H,2-4,7-8,11H2,1H3. The molecule has 1 heterocycles. The van der Waals surface area contributed by atoms with Gasteiger partial charge in [0.15, 0.2) is 0 Å². The number of aromatic nitrogens is 1. The first-order chi connectivity index (χ1) is 6.85. The Morgan fingerprint density at radius 2 is 1.79 bits per heavy atom. The second kappa shape index (κ2) is 4.43. The molecule has 0 unspecified atom stereocenters. The van der Waals surface area contributed by atoms with Gasteiger partial charge < -0.3 is 4.57 Å². The van der Waals surface area contributed by atoms with Gasteiger partial charge in [0.1, 0.15) is 0 Å². The van der Waals surface area contributed by atoms with E-state index in [0.29, 0.717) is 4.75 Å². The van der Waals surface area contributed by atoms with Crippen LogP contribution < -0.4 is 0 Å². The van der Waals surface area contributed by atoms with Gasteiger partial charge in [-0.25, -0.2) is 0 Å². The first-order valence-corrected chi connectivity index (χ1v) is 6.73. The molecule has 1 aromatic rings. The monoisotopic (exact) mass is 209 g/mol. The minimum Gasteiger partial charge on any atom is -0.353 e. The summed E-state index contributed by atoms with van der Waals surface area (Å²) in [5, 5.41) is 0. The Kier molecular flexibility index (Phi) is 3.22. The smallest absolute Gasteiger partial charge is 0.0367 e. The zero-order valence-corrected chi connectivity index (χ0v) is 9.72. The molecule has 0 saturated heterocycles. The highest BCUT2D eigenvalue weighted by Crippen LogP contribution is 2.39. The first-order valence-electron chi connectivity index (χ1n) is 5.51. The second-order valence-electron chi connectivity index (χ2n) is 4.30. The van der Waals surface area contributed by atoms with Crippen molar-refractivity contribution >= 4 is 11.8 Å². The van der Waals surface area contributed by atoms with Gasteiger partial charge in [-0.1, -0.05) is 19.3 Å². The van der Waals surface area contributed by atoms with E-state index in [0.717, 1.165) is 0 Å². The van der Waals surface area contributed by atoms with Crippen LogP contribution in [-0.4, -0.2) is 15.6 Å². The van der Waals surface area contributed by atoms with Crippen LogP contribution in [0.1, 0.15) is 32.1 Å². The van der Waals surface area contributed by atoms with Crippen LogP contribution in [0.25, 0.3) is 0 Å². The molecule has 0 atom stereocenters. The van der Waals surface area contributed by atoms with Crippen LogP contribution in [0.4, 0.5) is 0 Å². The van der Waals surface area contributed by atoms with E-state index in [-0.39, 0.29) is 0 Å². The van der Waals surface area contributed by atoms with E-state index in [1.54, 1.807) is 0 Å². The van der Waals surface area contributed by atoms with Crippen molar-refractivity contribution in [2.75, 3.05) is 6.26 Å². The molecule has 1 aliphatic rings. The Labute approximate surface area is 90.9 Å². The lowest BCUT2D eigenvalue weighted by Gasteiger charge is -2.36. The topological polar surface area (TPSA) is 4.93 Å². The van der Waals surface area contributed by atoms with Crippen LogP contribution in [0.5, 0.6) is 0 Å². The lowest BCUT2D eigenvalue weighted by atomic mass is 9.88. The second-order valence-corrected chi connectivity index (χ2v) is 5.58. The third kappa shape index (κ3) is 2.17. The van der Waals surface area contributed by atoms with Crippen molar-refractivity contribution < 1.29 is 0 Å². The summed E-state index contributed by atoms with van der Waals surface area (Å²) in [7, 11) is 0. The van der Waals surface area contributed by atoms with Crippen LogP contribution in [0.3, 0.4) is 0 Å². The van der Waals surface area contributed by atoms with E-state index in [1.165, 1.54) is 38.6 Å². The van der Waals surface area contributed by atoms with Crippen molar-refractivity contribution in [3.63, 3.8) is 0 Å². The van der Waals surface area contributed by atoms with Gasteiger partial charge >= 0.3 is 0 Å². The van der Waals surface area contributed by atoms with Gasteiger partial charge in [0.2, 0.25) is 0 Å². The highest BCUT2D eigenvalue weighted by molar-refractivity contribution is 8.00. The molecule has 0 aliphatic heterocycles. The Balaban J connectivity index is 2.04. The fourth-order valence-corrected chi connectivity index (χ4v) is 3.41. The number of hydrogen-bond acceptors (Lipinski definition) is 1. The van der Waals surface area contributed by atoms with Crippen molar-refractivity contribution in [1.29, 1.82) is 0 Å². The number of rotatable bonds is 3. The van der Waals surface area contributed by atoms with Crippen LogP contribution in [0.2, 0.25) is 0 Å². The number of hydrogen-bond donors (Lipinski definition) is 0. The summed E-state index contributed by atoms with van der Waals surface area (Å²) >= 11 is 2.07. The molecule has 1 saturated carbocycles. The molecule has 0 bridgehead atoms. The summed E-state index contributed by atoms with van der Waals surface area (Å²) < 4.78 is 2.86. The van der Waals surface area contributed by atoms with E-state index in [2.05, 4.69) is 47.1 Å². The summed E-state index contributed by atoms with van der Waals surface area (Å²) in [6.07, 6.45) is 13.7. The molecule has 1 aromatic heterocycles. The Morgan fingerprint density at radius 3 is 2.36 bits per heavy atom. The largest absolute Gasteiger partial charge is 0.353 e. The fourth-order valence-electron chi connectivity index (χ4n) is 2.43. The summed E-state index contributed by atoms with van der Waals surface area (Å²) in [6, 6.07) is 4.24. The molecular formula is C12H19NS. The van der Waals surface area contributed by atoms with Gasteiger partial charge in [-0.15, -0.1) is 0 Å². The highest BCUT2D eigenvalue weighted by Gasteiger charge is 2.31. The maximum Gasteiger partial charge on any atom is 0.0367 e. The van der Waals surface area contributed by atoms with Gasteiger partial charge in [-0.2, -0.15) is 11.8 Å². The average Bonchev–Trinajstić information content (AvgIpc) is 2.72. The van der Waals surface area contributed by atoms with Gasteiger partial charge in [-0.05, 0) is 31.2 Å². The van der Waals surface area contributed by atoms with Crippen molar-refractivity contribution in [2.45, 2.75) is 43.4 Å². The highest BCUT2D eigenvalue weighted by atomic mass is 32.2. The molecule has 0 amide bonds. The zero-order valence-electron chi connectivity index (χ0n) is 8.91. The first kappa shape index (κ1) is 10.2. The summed E-state index contributed by atoms with van der Waals surface area (Å²) in [5.41, 5.74) is 0. The van der Waals surface area contributed by atoms with Gasteiger partial charge in [0.05, 0.1) is 0 Å². The normalized spacial score (nSPS) is 20.9. The molecule has 14 heavy (non-hydrogen) atoms. The van der Waals surface area contributed by atoms with E-state index in [9.17, 15) is 0 Å². The van der Waals surface area contributed by atoms with E-state index >= 15 is 0 Å². The van der Waals surface area contributed by atoms with Crippen molar-refractivity contribution in [1.82, 2.24) is 4.57 Å². The summed E-state index contributed by atoms with van der Waals surface area (Å²) in [5.74, 6) is 0. The lowest BCUT2D eigenvalue weighted by molar-refractivity contribution is 0.359.